The lowest BCUT2D eigenvalue weighted by Gasteiger charge is -2.01. The van der Waals surface area contributed by atoms with E-state index in [2.05, 4.69) is 31.9 Å². The quantitative estimate of drug-likeness (QED) is 0.907. The highest BCUT2D eigenvalue weighted by atomic mass is 79.9. The number of hydrogen-bond donors (Lipinski definition) is 1. The van der Waals surface area contributed by atoms with Gasteiger partial charge in [0.1, 0.15) is 0 Å². The summed E-state index contributed by atoms with van der Waals surface area (Å²) in [5, 5.41) is 8.79. The third-order valence-electron chi connectivity index (χ3n) is 2.48. The molecule has 4 heteroatoms. The molecule has 2 atom stereocenters. The van der Waals surface area contributed by atoms with E-state index in [4.69, 9.17) is 5.11 Å². The van der Waals surface area contributed by atoms with Crippen molar-refractivity contribution in [3.8, 4) is 0 Å². The second kappa shape index (κ2) is 3.66. The van der Waals surface area contributed by atoms with Gasteiger partial charge in [0.15, 0.2) is 0 Å². The van der Waals surface area contributed by atoms with Gasteiger partial charge in [-0.25, -0.2) is 0 Å². The molecule has 0 spiro atoms. The van der Waals surface area contributed by atoms with Crippen LogP contribution in [0.3, 0.4) is 0 Å². The van der Waals surface area contributed by atoms with Crippen LogP contribution in [0.4, 0.5) is 0 Å². The van der Waals surface area contributed by atoms with Gasteiger partial charge in [-0.05, 0) is 61.9 Å². The molecule has 2 nitrogen and oxygen atoms in total. The average Bonchev–Trinajstić information content (AvgIpc) is 2.89. The molecule has 0 radical (unpaired) electrons. The predicted octanol–water partition coefficient (Wildman–Crippen LogP) is 3.40. The highest BCUT2D eigenvalue weighted by molar-refractivity contribution is 9.13. The van der Waals surface area contributed by atoms with Crippen molar-refractivity contribution >= 4 is 37.8 Å². The van der Waals surface area contributed by atoms with Gasteiger partial charge in [0.2, 0.25) is 0 Å². The Hall–Kier alpha value is -0.350. The first-order valence-corrected chi connectivity index (χ1v) is 5.86. The van der Waals surface area contributed by atoms with Crippen LogP contribution in [0.25, 0.3) is 0 Å². The first kappa shape index (κ1) is 10.2. The van der Waals surface area contributed by atoms with E-state index < -0.39 is 5.97 Å². The highest BCUT2D eigenvalue weighted by Crippen LogP contribution is 2.48. The van der Waals surface area contributed by atoms with Gasteiger partial charge in [-0.2, -0.15) is 0 Å². The molecule has 1 fully saturated rings. The first-order chi connectivity index (χ1) is 6.59. The van der Waals surface area contributed by atoms with Crippen molar-refractivity contribution in [2.24, 2.45) is 5.92 Å². The Kier molecular flexibility index (Phi) is 2.66. The van der Waals surface area contributed by atoms with Crippen molar-refractivity contribution in [1.29, 1.82) is 0 Å². The van der Waals surface area contributed by atoms with Crippen LogP contribution in [0.1, 0.15) is 17.9 Å². The zero-order valence-electron chi connectivity index (χ0n) is 7.21. The number of aliphatic carboxylic acids is 1. The molecule has 0 aliphatic heterocycles. The third kappa shape index (κ3) is 1.86. The smallest absolute Gasteiger partial charge is 0.307 e. The Labute approximate surface area is 98.6 Å². The molecule has 0 unspecified atom stereocenters. The van der Waals surface area contributed by atoms with Crippen LogP contribution in [-0.2, 0) is 4.79 Å². The Bertz CT molecular complexity index is 390. The topological polar surface area (TPSA) is 37.3 Å². The van der Waals surface area contributed by atoms with Crippen LogP contribution in [-0.4, -0.2) is 11.1 Å². The van der Waals surface area contributed by atoms with Gasteiger partial charge in [-0.3, -0.25) is 4.79 Å². The summed E-state index contributed by atoms with van der Waals surface area (Å²) in [5.41, 5.74) is 1.10. The maximum absolute atomic E-state index is 10.7. The molecule has 1 saturated carbocycles. The van der Waals surface area contributed by atoms with Gasteiger partial charge in [0.05, 0.1) is 5.92 Å². The molecule has 1 aromatic carbocycles. The minimum atomic E-state index is -0.686. The Balaban J connectivity index is 2.20. The van der Waals surface area contributed by atoms with Gasteiger partial charge in [-0.1, -0.05) is 6.07 Å². The molecule has 0 aromatic heterocycles. The van der Waals surface area contributed by atoms with Crippen molar-refractivity contribution in [3.63, 3.8) is 0 Å². The Morgan fingerprint density at radius 2 is 2.07 bits per heavy atom. The summed E-state index contributed by atoms with van der Waals surface area (Å²) in [4.78, 5) is 10.7. The molecule has 0 heterocycles. The van der Waals surface area contributed by atoms with Crippen molar-refractivity contribution in [2.75, 3.05) is 0 Å². The highest BCUT2D eigenvalue weighted by Gasteiger charge is 2.44. The third-order valence-corrected chi connectivity index (χ3v) is 4.36. The summed E-state index contributed by atoms with van der Waals surface area (Å²) in [6.07, 6.45) is 0.767. The molecule has 0 saturated heterocycles. The van der Waals surface area contributed by atoms with Gasteiger partial charge in [0, 0.05) is 8.95 Å². The lowest BCUT2D eigenvalue weighted by atomic mass is 10.1. The van der Waals surface area contributed by atoms with Crippen LogP contribution in [0.15, 0.2) is 27.1 Å². The molecule has 1 N–H and O–H groups in total. The van der Waals surface area contributed by atoms with Crippen molar-refractivity contribution in [2.45, 2.75) is 12.3 Å². The van der Waals surface area contributed by atoms with E-state index in [9.17, 15) is 4.79 Å². The molecule has 2 rings (SSSR count). The predicted molar refractivity (Wildman–Crippen MR) is 60.3 cm³/mol. The zero-order chi connectivity index (χ0) is 10.3. The van der Waals surface area contributed by atoms with Crippen LogP contribution in [0.2, 0.25) is 0 Å². The van der Waals surface area contributed by atoms with Gasteiger partial charge >= 0.3 is 5.97 Å². The van der Waals surface area contributed by atoms with Crippen molar-refractivity contribution < 1.29 is 9.90 Å². The lowest BCUT2D eigenvalue weighted by molar-refractivity contribution is -0.138. The number of halogens is 2. The molecule has 0 amide bonds. The summed E-state index contributed by atoms with van der Waals surface area (Å²) in [5.74, 6) is -0.658. The number of carboxylic acids is 1. The lowest BCUT2D eigenvalue weighted by Crippen LogP contribution is -1.98. The van der Waals surface area contributed by atoms with Crippen LogP contribution in [0, 0.1) is 5.92 Å². The summed E-state index contributed by atoms with van der Waals surface area (Å²) in [6.45, 7) is 0. The number of hydrogen-bond acceptors (Lipinski definition) is 1. The minimum Gasteiger partial charge on any atom is -0.481 e. The summed E-state index contributed by atoms with van der Waals surface area (Å²) < 4.78 is 1.97. The number of rotatable bonds is 2. The van der Waals surface area contributed by atoms with E-state index in [1.165, 1.54) is 0 Å². The van der Waals surface area contributed by atoms with E-state index in [0.717, 1.165) is 20.9 Å². The molecule has 14 heavy (non-hydrogen) atoms. The molecular formula is C10H8Br2O2. The Morgan fingerprint density at radius 3 is 2.57 bits per heavy atom. The average molecular weight is 320 g/mol. The molecule has 1 aliphatic rings. The molecule has 1 aliphatic carbocycles. The van der Waals surface area contributed by atoms with E-state index in [0.29, 0.717) is 0 Å². The molecule has 74 valence electrons. The second-order valence-corrected chi connectivity index (χ2v) is 5.17. The van der Waals surface area contributed by atoms with Gasteiger partial charge < -0.3 is 5.11 Å². The van der Waals surface area contributed by atoms with Gasteiger partial charge in [0.25, 0.3) is 0 Å². The van der Waals surface area contributed by atoms with E-state index in [-0.39, 0.29) is 11.8 Å². The van der Waals surface area contributed by atoms with Crippen molar-refractivity contribution in [1.82, 2.24) is 0 Å². The number of carboxylic acid groups (broad SMARTS) is 1. The standard InChI is InChI=1S/C10H8Br2O2/c11-8-2-1-5(3-9(8)12)6-4-7(6)10(13)14/h1-3,6-7H,4H2,(H,13,14)/t6-,7+/m0/s1. The summed E-state index contributed by atoms with van der Waals surface area (Å²) >= 11 is 6.78. The zero-order valence-corrected chi connectivity index (χ0v) is 10.4. The van der Waals surface area contributed by atoms with Crippen LogP contribution < -0.4 is 0 Å². The monoisotopic (exact) mass is 318 g/mol. The fourth-order valence-electron chi connectivity index (χ4n) is 1.58. The fraction of sp³-hybridized carbons (Fsp3) is 0.300. The fourth-order valence-corrected chi connectivity index (χ4v) is 2.22. The van der Waals surface area contributed by atoms with Crippen LogP contribution in [0.5, 0.6) is 0 Å². The maximum Gasteiger partial charge on any atom is 0.307 e. The minimum absolute atomic E-state index is 0.178. The molecule has 1 aromatic rings. The SMILES string of the molecule is O=C(O)[C@@H]1C[C@H]1c1ccc(Br)c(Br)c1. The van der Waals surface area contributed by atoms with E-state index in [1.54, 1.807) is 0 Å². The molecular weight excluding hydrogens is 312 g/mol. The normalized spacial score (nSPS) is 24.7. The van der Waals surface area contributed by atoms with Gasteiger partial charge in [-0.15, -0.1) is 0 Å². The van der Waals surface area contributed by atoms with E-state index in [1.807, 2.05) is 18.2 Å². The maximum atomic E-state index is 10.7. The van der Waals surface area contributed by atoms with E-state index >= 15 is 0 Å². The summed E-state index contributed by atoms with van der Waals surface area (Å²) in [7, 11) is 0. The first-order valence-electron chi connectivity index (χ1n) is 4.27. The number of carbonyl (C=O) groups is 1. The van der Waals surface area contributed by atoms with Crippen molar-refractivity contribution in [3.05, 3.63) is 32.7 Å². The summed E-state index contributed by atoms with van der Waals surface area (Å²) in [6, 6.07) is 5.90. The Morgan fingerprint density at radius 1 is 1.36 bits per heavy atom. The second-order valence-electron chi connectivity index (χ2n) is 3.46. The van der Waals surface area contributed by atoms with Crippen LogP contribution >= 0.6 is 31.9 Å². The molecule has 0 bridgehead atoms. The largest absolute Gasteiger partial charge is 0.481 e. The number of benzene rings is 1.